The molecule has 0 bridgehead atoms. The second-order valence-electron chi connectivity index (χ2n) is 5.27. The third-order valence-electron chi connectivity index (χ3n) is 3.86. The highest BCUT2D eigenvalue weighted by molar-refractivity contribution is 5.65. The van der Waals surface area contributed by atoms with E-state index in [2.05, 4.69) is 91.8 Å². The Labute approximate surface area is 120 Å². The summed E-state index contributed by atoms with van der Waals surface area (Å²) in [6, 6.07) is 17.6. The first-order valence-corrected chi connectivity index (χ1v) is 6.98. The van der Waals surface area contributed by atoms with Crippen LogP contribution in [0.1, 0.15) is 17.2 Å². The zero-order valence-corrected chi connectivity index (χ0v) is 12.0. The van der Waals surface area contributed by atoms with Crippen LogP contribution in [0.3, 0.4) is 0 Å². The van der Waals surface area contributed by atoms with Gasteiger partial charge in [0.2, 0.25) is 0 Å². The number of likely N-dealkylation sites (N-methyl/N-ethyl adjacent to an activating group) is 1. The monoisotopic (exact) mass is 261 g/mol. The Morgan fingerprint density at radius 3 is 2.40 bits per heavy atom. The lowest BCUT2D eigenvalue weighted by molar-refractivity contribution is 0.388. The van der Waals surface area contributed by atoms with E-state index < -0.39 is 0 Å². The molecule has 0 amide bonds. The fourth-order valence-electron chi connectivity index (χ4n) is 2.72. The van der Waals surface area contributed by atoms with Gasteiger partial charge in [-0.2, -0.15) is 0 Å². The zero-order valence-electron chi connectivity index (χ0n) is 12.0. The molecule has 0 saturated heterocycles. The highest BCUT2D eigenvalue weighted by atomic mass is 15.1. The van der Waals surface area contributed by atoms with Gasteiger partial charge in [0.05, 0.1) is 6.04 Å². The predicted molar refractivity (Wildman–Crippen MR) is 85.4 cm³/mol. The third kappa shape index (κ3) is 2.39. The minimum Gasteiger partial charge on any atom is -0.370 e. The lowest BCUT2D eigenvalue weighted by Gasteiger charge is -2.28. The minimum absolute atomic E-state index is 0.338. The van der Waals surface area contributed by atoms with Crippen LogP contribution in [0.25, 0.3) is 11.1 Å². The number of nitrogens with zero attached hydrogens (tertiary/aromatic N) is 1. The third-order valence-corrected chi connectivity index (χ3v) is 3.86. The molecule has 0 aromatic heterocycles. The normalized spacial score (nSPS) is 17.5. The van der Waals surface area contributed by atoms with E-state index in [1.165, 1.54) is 22.3 Å². The number of allylic oxidation sites excluding steroid dienone is 2. The lowest BCUT2D eigenvalue weighted by atomic mass is 9.94. The Morgan fingerprint density at radius 2 is 1.70 bits per heavy atom. The van der Waals surface area contributed by atoms with E-state index in [-0.39, 0.29) is 0 Å². The Bertz CT molecular complexity index is 653. The van der Waals surface area contributed by atoms with Crippen LogP contribution in [0.5, 0.6) is 0 Å². The molecule has 1 unspecified atom stereocenters. The first-order valence-electron chi connectivity index (χ1n) is 6.98. The summed E-state index contributed by atoms with van der Waals surface area (Å²) in [6.07, 6.45) is 8.55. The van der Waals surface area contributed by atoms with E-state index in [0.29, 0.717) is 6.04 Å². The van der Waals surface area contributed by atoms with Crippen molar-refractivity contribution in [2.24, 2.45) is 0 Å². The van der Waals surface area contributed by atoms with Crippen LogP contribution in [-0.4, -0.2) is 11.9 Å². The summed E-state index contributed by atoms with van der Waals surface area (Å²) in [7, 11) is 2.12. The molecule has 0 radical (unpaired) electrons. The molecule has 1 nitrogen and oxygen atoms in total. The zero-order chi connectivity index (χ0) is 13.9. The van der Waals surface area contributed by atoms with Crippen molar-refractivity contribution in [3.05, 3.63) is 84.1 Å². The van der Waals surface area contributed by atoms with Crippen LogP contribution < -0.4 is 0 Å². The van der Waals surface area contributed by atoms with E-state index in [4.69, 9.17) is 0 Å². The summed E-state index contributed by atoms with van der Waals surface area (Å²) in [5.74, 6) is 0. The van der Waals surface area contributed by atoms with Gasteiger partial charge in [-0.15, -0.1) is 0 Å². The van der Waals surface area contributed by atoms with Gasteiger partial charge in [-0.1, -0.05) is 60.7 Å². The summed E-state index contributed by atoms with van der Waals surface area (Å²) < 4.78 is 0. The van der Waals surface area contributed by atoms with Crippen LogP contribution in [0, 0.1) is 6.92 Å². The van der Waals surface area contributed by atoms with Gasteiger partial charge in [-0.05, 0) is 41.5 Å². The van der Waals surface area contributed by atoms with Crippen molar-refractivity contribution in [3.8, 4) is 11.1 Å². The SMILES string of the molecule is Cc1cc(-c2ccccc2)ccc1C1C=CC=CN1C. The Morgan fingerprint density at radius 1 is 0.900 bits per heavy atom. The van der Waals surface area contributed by atoms with Crippen molar-refractivity contribution in [1.29, 1.82) is 0 Å². The highest BCUT2D eigenvalue weighted by Gasteiger charge is 2.15. The van der Waals surface area contributed by atoms with Gasteiger partial charge >= 0.3 is 0 Å². The molecule has 20 heavy (non-hydrogen) atoms. The number of aryl methyl sites for hydroxylation is 1. The standard InChI is InChI=1S/C19H19N/c1-15-14-17(16-8-4-3-5-9-16)11-12-18(15)19-10-6-7-13-20(19)2/h3-14,19H,1-2H3. The van der Waals surface area contributed by atoms with Crippen LogP contribution in [0.2, 0.25) is 0 Å². The van der Waals surface area contributed by atoms with Crippen LogP contribution in [-0.2, 0) is 0 Å². The summed E-state index contributed by atoms with van der Waals surface area (Å²) >= 11 is 0. The van der Waals surface area contributed by atoms with Crippen molar-refractivity contribution in [2.45, 2.75) is 13.0 Å². The molecule has 2 aromatic rings. The molecule has 0 spiro atoms. The number of rotatable bonds is 2. The van der Waals surface area contributed by atoms with Gasteiger partial charge in [-0.3, -0.25) is 0 Å². The first kappa shape index (κ1) is 12.7. The van der Waals surface area contributed by atoms with Crippen molar-refractivity contribution < 1.29 is 0 Å². The van der Waals surface area contributed by atoms with E-state index >= 15 is 0 Å². The highest BCUT2D eigenvalue weighted by Crippen LogP contribution is 2.30. The van der Waals surface area contributed by atoms with Gasteiger partial charge in [0, 0.05) is 7.05 Å². The van der Waals surface area contributed by atoms with Crippen molar-refractivity contribution in [2.75, 3.05) is 7.05 Å². The quantitative estimate of drug-likeness (QED) is 0.756. The second-order valence-corrected chi connectivity index (χ2v) is 5.27. The summed E-state index contributed by atoms with van der Waals surface area (Å²) in [5.41, 5.74) is 5.26. The van der Waals surface area contributed by atoms with Gasteiger partial charge in [0.1, 0.15) is 0 Å². The van der Waals surface area contributed by atoms with E-state index in [9.17, 15) is 0 Å². The van der Waals surface area contributed by atoms with Crippen molar-refractivity contribution >= 4 is 0 Å². The average molecular weight is 261 g/mol. The maximum atomic E-state index is 2.28. The van der Waals surface area contributed by atoms with Gasteiger partial charge in [0.15, 0.2) is 0 Å². The summed E-state index contributed by atoms with van der Waals surface area (Å²) in [4.78, 5) is 2.24. The lowest BCUT2D eigenvalue weighted by Crippen LogP contribution is -2.19. The maximum absolute atomic E-state index is 2.28. The molecule has 2 aromatic carbocycles. The van der Waals surface area contributed by atoms with Crippen LogP contribution in [0.4, 0.5) is 0 Å². The molecular weight excluding hydrogens is 242 g/mol. The molecule has 1 heteroatoms. The summed E-state index contributed by atoms with van der Waals surface area (Å²) in [5, 5.41) is 0. The Hall–Kier alpha value is -2.28. The Balaban J connectivity index is 1.96. The van der Waals surface area contributed by atoms with Crippen molar-refractivity contribution in [3.63, 3.8) is 0 Å². The second kappa shape index (κ2) is 5.38. The smallest absolute Gasteiger partial charge is 0.0723 e. The first-order chi connectivity index (χ1) is 9.75. The maximum Gasteiger partial charge on any atom is 0.0723 e. The van der Waals surface area contributed by atoms with E-state index in [1.54, 1.807) is 0 Å². The van der Waals surface area contributed by atoms with Gasteiger partial charge < -0.3 is 4.90 Å². The van der Waals surface area contributed by atoms with Gasteiger partial charge in [0.25, 0.3) is 0 Å². The molecule has 100 valence electrons. The molecule has 0 fully saturated rings. The molecule has 0 saturated carbocycles. The molecule has 0 N–H and O–H groups in total. The fraction of sp³-hybridized carbons (Fsp3) is 0.158. The topological polar surface area (TPSA) is 3.24 Å². The van der Waals surface area contributed by atoms with Gasteiger partial charge in [-0.25, -0.2) is 0 Å². The predicted octanol–water partition coefficient (Wildman–Crippen LogP) is 4.72. The number of benzene rings is 2. The molecule has 1 heterocycles. The molecule has 1 aliphatic rings. The number of hydrogen-bond donors (Lipinski definition) is 0. The molecular formula is C19H19N. The van der Waals surface area contributed by atoms with E-state index in [0.717, 1.165) is 0 Å². The fourth-order valence-corrected chi connectivity index (χ4v) is 2.72. The van der Waals surface area contributed by atoms with Crippen LogP contribution >= 0.6 is 0 Å². The molecule has 0 aliphatic carbocycles. The molecule has 1 atom stereocenters. The van der Waals surface area contributed by atoms with Crippen LogP contribution in [0.15, 0.2) is 73.0 Å². The largest absolute Gasteiger partial charge is 0.370 e. The molecule has 3 rings (SSSR count). The van der Waals surface area contributed by atoms with Crippen molar-refractivity contribution in [1.82, 2.24) is 4.90 Å². The minimum atomic E-state index is 0.338. The number of hydrogen-bond acceptors (Lipinski definition) is 1. The average Bonchev–Trinajstić information content (AvgIpc) is 2.49. The Kier molecular flexibility index (Phi) is 3.42. The summed E-state index contributed by atoms with van der Waals surface area (Å²) in [6.45, 7) is 2.20. The van der Waals surface area contributed by atoms with E-state index in [1.807, 2.05) is 0 Å². The molecule has 1 aliphatic heterocycles.